The van der Waals surface area contributed by atoms with Crippen molar-refractivity contribution in [2.45, 2.75) is 51.2 Å². The van der Waals surface area contributed by atoms with Gasteiger partial charge in [0.05, 0.1) is 6.10 Å². The summed E-state index contributed by atoms with van der Waals surface area (Å²) in [5.74, 6) is 0.240. The number of hydrogen-bond acceptors (Lipinski definition) is 3. The first-order valence-electron chi connectivity index (χ1n) is 5.97. The lowest BCUT2D eigenvalue weighted by atomic mass is 9.93. The van der Waals surface area contributed by atoms with Crippen molar-refractivity contribution in [1.82, 2.24) is 4.90 Å². The van der Waals surface area contributed by atoms with Crippen LogP contribution in [0, 0.1) is 5.92 Å². The van der Waals surface area contributed by atoms with Crippen LogP contribution in [0.3, 0.4) is 0 Å². The Kier molecular flexibility index (Phi) is 5.26. The van der Waals surface area contributed by atoms with Crippen molar-refractivity contribution < 1.29 is 9.90 Å². The largest absolute Gasteiger partial charge is 0.393 e. The molecule has 3 heteroatoms. The van der Waals surface area contributed by atoms with Crippen LogP contribution in [0.15, 0.2) is 0 Å². The summed E-state index contributed by atoms with van der Waals surface area (Å²) in [7, 11) is 2.13. The molecule has 0 bridgehead atoms. The maximum Gasteiger partial charge on any atom is 0.120 e. The molecular formula is C12H23NO2. The molecule has 1 fully saturated rings. The van der Waals surface area contributed by atoms with Crippen molar-refractivity contribution in [3.05, 3.63) is 0 Å². The second-order valence-corrected chi connectivity index (χ2v) is 4.80. The molecule has 0 aromatic heterocycles. The van der Waals surface area contributed by atoms with Crippen LogP contribution >= 0.6 is 0 Å². The molecule has 0 spiro atoms. The van der Waals surface area contributed by atoms with Crippen LogP contribution in [0.25, 0.3) is 0 Å². The maximum atomic E-state index is 10.2. The minimum atomic E-state index is -0.254. The van der Waals surface area contributed by atoms with E-state index in [2.05, 4.69) is 11.9 Å². The van der Waals surface area contributed by atoms with Crippen molar-refractivity contribution in [2.24, 2.45) is 5.92 Å². The molecule has 3 nitrogen and oxygen atoms in total. The molecule has 0 aromatic rings. The highest BCUT2D eigenvalue weighted by molar-refractivity contribution is 5.49. The lowest BCUT2D eigenvalue weighted by Crippen LogP contribution is -2.31. The van der Waals surface area contributed by atoms with Crippen LogP contribution in [-0.4, -0.2) is 42.0 Å². The SMILES string of the molecule is C[C@H](CCC=O)C(O)C[C@H]1CCCN1C. The summed E-state index contributed by atoms with van der Waals surface area (Å²) in [5, 5.41) is 9.98. The molecular weight excluding hydrogens is 190 g/mol. The first kappa shape index (κ1) is 12.7. The Bertz CT molecular complexity index is 196. The predicted molar refractivity (Wildman–Crippen MR) is 60.7 cm³/mol. The van der Waals surface area contributed by atoms with Gasteiger partial charge in [-0.05, 0) is 45.2 Å². The molecule has 0 amide bonds. The third-order valence-corrected chi connectivity index (χ3v) is 3.58. The Morgan fingerprint density at radius 1 is 1.60 bits per heavy atom. The fourth-order valence-corrected chi connectivity index (χ4v) is 2.31. The fourth-order valence-electron chi connectivity index (χ4n) is 2.31. The topological polar surface area (TPSA) is 40.5 Å². The highest BCUT2D eigenvalue weighted by Gasteiger charge is 2.25. The monoisotopic (exact) mass is 213 g/mol. The summed E-state index contributed by atoms with van der Waals surface area (Å²) < 4.78 is 0. The first-order chi connectivity index (χ1) is 7.15. The van der Waals surface area contributed by atoms with Gasteiger partial charge in [0.15, 0.2) is 0 Å². The molecule has 1 rings (SSSR count). The van der Waals surface area contributed by atoms with Gasteiger partial charge >= 0.3 is 0 Å². The molecule has 88 valence electrons. The zero-order valence-electron chi connectivity index (χ0n) is 9.85. The van der Waals surface area contributed by atoms with E-state index in [0.717, 1.165) is 25.7 Å². The molecule has 1 heterocycles. The molecule has 0 radical (unpaired) electrons. The summed E-state index contributed by atoms with van der Waals surface area (Å²) in [6.07, 6.45) is 5.36. The Balaban J connectivity index is 2.27. The van der Waals surface area contributed by atoms with E-state index in [0.29, 0.717) is 12.5 Å². The average molecular weight is 213 g/mol. The molecule has 0 aliphatic carbocycles. The van der Waals surface area contributed by atoms with Gasteiger partial charge in [-0.25, -0.2) is 0 Å². The minimum absolute atomic E-state index is 0.240. The van der Waals surface area contributed by atoms with Crippen molar-refractivity contribution in [1.29, 1.82) is 0 Å². The molecule has 1 saturated heterocycles. The van der Waals surface area contributed by atoms with Gasteiger partial charge in [-0.3, -0.25) is 0 Å². The smallest absolute Gasteiger partial charge is 0.120 e. The van der Waals surface area contributed by atoms with Gasteiger partial charge in [0, 0.05) is 12.5 Å². The van der Waals surface area contributed by atoms with Crippen molar-refractivity contribution in [3.8, 4) is 0 Å². The Labute approximate surface area is 92.5 Å². The van der Waals surface area contributed by atoms with E-state index in [-0.39, 0.29) is 12.0 Å². The zero-order chi connectivity index (χ0) is 11.3. The Hall–Kier alpha value is -0.410. The fraction of sp³-hybridized carbons (Fsp3) is 0.917. The summed E-state index contributed by atoms with van der Waals surface area (Å²) in [6.45, 7) is 3.18. The minimum Gasteiger partial charge on any atom is -0.393 e. The van der Waals surface area contributed by atoms with Crippen LogP contribution in [0.2, 0.25) is 0 Å². The van der Waals surface area contributed by atoms with Crippen LogP contribution in [0.4, 0.5) is 0 Å². The van der Waals surface area contributed by atoms with E-state index in [1.165, 1.54) is 12.8 Å². The predicted octanol–water partition coefficient (Wildman–Crippen LogP) is 1.45. The summed E-state index contributed by atoms with van der Waals surface area (Å²) >= 11 is 0. The van der Waals surface area contributed by atoms with Gasteiger partial charge in [0.1, 0.15) is 6.29 Å². The van der Waals surface area contributed by atoms with E-state index in [9.17, 15) is 9.90 Å². The van der Waals surface area contributed by atoms with E-state index in [1.807, 2.05) is 6.92 Å². The molecule has 1 N–H and O–H groups in total. The third-order valence-electron chi connectivity index (χ3n) is 3.58. The standard InChI is InChI=1S/C12H23NO2/c1-10(5-4-8-14)12(15)9-11-6-3-7-13(11)2/h8,10-12,15H,3-7,9H2,1-2H3/t10-,11-,12?/m1/s1. The highest BCUT2D eigenvalue weighted by Crippen LogP contribution is 2.23. The van der Waals surface area contributed by atoms with Gasteiger partial charge in [-0.15, -0.1) is 0 Å². The van der Waals surface area contributed by atoms with Gasteiger partial charge in [-0.2, -0.15) is 0 Å². The molecule has 1 aliphatic rings. The number of nitrogens with zero attached hydrogens (tertiary/aromatic N) is 1. The quantitative estimate of drug-likeness (QED) is 0.679. The number of aliphatic hydroxyl groups is 1. The second kappa shape index (κ2) is 6.23. The van der Waals surface area contributed by atoms with Gasteiger partial charge in [0.25, 0.3) is 0 Å². The molecule has 0 aromatic carbocycles. The van der Waals surface area contributed by atoms with Crippen molar-refractivity contribution in [3.63, 3.8) is 0 Å². The third kappa shape index (κ3) is 3.92. The van der Waals surface area contributed by atoms with Gasteiger partial charge < -0.3 is 14.8 Å². The van der Waals surface area contributed by atoms with Crippen LogP contribution in [0.1, 0.15) is 39.0 Å². The number of carbonyl (C=O) groups is 1. The summed E-state index contributed by atoms with van der Waals surface area (Å²) in [6, 6.07) is 0.540. The lowest BCUT2D eigenvalue weighted by molar-refractivity contribution is -0.108. The number of carbonyl (C=O) groups excluding carboxylic acids is 1. The average Bonchev–Trinajstić information content (AvgIpc) is 2.61. The summed E-state index contributed by atoms with van der Waals surface area (Å²) in [5.41, 5.74) is 0. The van der Waals surface area contributed by atoms with Gasteiger partial charge in [0.2, 0.25) is 0 Å². The van der Waals surface area contributed by atoms with Crippen LogP contribution in [0.5, 0.6) is 0 Å². The molecule has 1 aliphatic heterocycles. The van der Waals surface area contributed by atoms with E-state index >= 15 is 0 Å². The number of rotatable bonds is 6. The van der Waals surface area contributed by atoms with Crippen molar-refractivity contribution in [2.75, 3.05) is 13.6 Å². The molecule has 0 saturated carbocycles. The highest BCUT2D eigenvalue weighted by atomic mass is 16.3. The normalized spacial score (nSPS) is 26.5. The van der Waals surface area contributed by atoms with Crippen molar-refractivity contribution >= 4 is 6.29 Å². The lowest BCUT2D eigenvalue weighted by Gasteiger charge is -2.25. The summed E-state index contributed by atoms with van der Waals surface area (Å²) in [4.78, 5) is 12.6. The first-order valence-corrected chi connectivity index (χ1v) is 5.97. The van der Waals surface area contributed by atoms with E-state index < -0.39 is 0 Å². The van der Waals surface area contributed by atoms with E-state index in [1.54, 1.807) is 0 Å². The number of hydrogen-bond donors (Lipinski definition) is 1. The van der Waals surface area contributed by atoms with Crippen LogP contribution in [-0.2, 0) is 4.79 Å². The molecule has 1 unspecified atom stereocenters. The number of likely N-dealkylation sites (tertiary alicyclic amines) is 1. The zero-order valence-corrected chi connectivity index (χ0v) is 9.85. The number of aliphatic hydroxyl groups excluding tert-OH is 1. The van der Waals surface area contributed by atoms with E-state index in [4.69, 9.17) is 0 Å². The Morgan fingerprint density at radius 2 is 2.33 bits per heavy atom. The number of aldehydes is 1. The van der Waals surface area contributed by atoms with Gasteiger partial charge in [-0.1, -0.05) is 6.92 Å². The molecule has 3 atom stereocenters. The second-order valence-electron chi connectivity index (χ2n) is 4.80. The maximum absolute atomic E-state index is 10.2. The van der Waals surface area contributed by atoms with Crippen LogP contribution < -0.4 is 0 Å². The molecule has 15 heavy (non-hydrogen) atoms. The Morgan fingerprint density at radius 3 is 2.87 bits per heavy atom.